The number of ether oxygens (including phenoxy) is 1. The van der Waals surface area contributed by atoms with Crippen LogP contribution in [0.5, 0.6) is 0 Å². The molecular weight excluding hydrogens is 262 g/mol. The smallest absolute Gasteiger partial charge is 0.0754 e. The number of aliphatic imine (C=N–C) groups is 1. The summed E-state index contributed by atoms with van der Waals surface area (Å²) in [5, 5.41) is 3.61. The minimum Gasteiger partial charge on any atom is -0.380 e. The third kappa shape index (κ3) is 3.67. The lowest BCUT2D eigenvalue weighted by atomic mass is 10.00. The monoisotopic (exact) mass is 291 g/mol. The minimum atomic E-state index is 0.400. The van der Waals surface area contributed by atoms with Crippen molar-refractivity contribution >= 4 is 5.71 Å². The van der Waals surface area contributed by atoms with Gasteiger partial charge in [-0.2, -0.15) is 0 Å². The van der Waals surface area contributed by atoms with Crippen molar-refractivity contribution < 1.29 is 4.74 Å². The average molecular weight is 291 g/mol. The van der Waals surface area contributed by atoms with Crippen LogP contribution in [0, 0.1) is 5.92 Å². The lowest BCUT2D eigenvalue weighted by Gasteiger charge is -2.39. The van der Waals surface area contributed by atoms with Crippen LogP contribution in [0.25, 0.3) is 0 Å². The normalized spacial score (nSPS) is 24.9. The molecule has 0 aliphatic carbocycles. The number of nitrogens with zero attached hydrogens (tertiary/aromatic N) is 2. The zero-order valence-electron chi connectivity index (χ0n) is 14.1. The van der Waals surface area contributed by atoms with Crippen molar-refractivity contribution in [3.8, 4) is 0 Å². The van der Waals surface area contributed by atoms with Gasteiger partial charge in [-0.15, -0.1) is 0 Å². The molecule has 118 valence electrons. The van der Waals surface area contributed by atoms with Crippen LogP contribution in [0.15, 0.2) is 28.2 Å². The number of allylic oxidation sites excluding steroid dienone is 4. The Morgan fingerprint density at radius 1 is 1.48 bits per heavy atom. The largest absolute Gasteiger partial charge is 0.380 e. The molecule has 1 atom stereocenters. The zero-order chi connectivity index (χ0) is 15.4. The number of nitrogens with one attached hydrogen (secondary N) is 1. The van der Waals surface area contributed by atoms with Gasteiger partial charge in [-0.25, -0.2) is 0 Å². The molecule has 2 heterocycles. The topological polar surface area (TPSA) is 36.9 Å². The summed E-state index contributed by atoms with van der Waals surface area (Å²) in [5.41, 5.74) is 4.76. The summed E-state index contributed by atoms with van der Waals surface area (Å²) >= 11 is 0. The highest BCUT2D eigenvalue weighted by atomic mass is 16.5. The van der Waals surface area contributed by atoms with Crippen LogP contribution >= 0.6 is 0 Å². The summed E-state index contributed by atoms with van der Waals surface area (Å²) in [7, 11) is 0. The van der Waals surface area contributed by atoms with Gasteiger partial charge in [0, 0.05) is 31.1 Å². The molecule has 1 fully saturated rings. The van der Waals surface area contributed by atoms with E-state index in [-0.39, 0.29) is 0 Å². The molecule has 4 heteroatoms. The van der Waals surface area contributed by atoms with Crippen molar-refractivity contribution in [2.75, 3.05) is 26.3 Å². The SMILES string of the molecule is C/C=C(\C)N=C(C1=C(C)N2CCCOCC2CN1)C(C)C. The van der Waals surface area contributed by atoms with Crippen LogP contribution in [0.1, 0.15) is 41.0 Å². The second kappa shape index (κ2) is 7.12. The van der Waals surface area contributed by atoms with Crippen molar-refractivity contribution in [1.82, 2.24) is 10.2 Å². The predicted molar refractivity (Wildman–Crippen MR) is 88.3 cm³/mol. The fraction of sp³-hybridized carbons (Fsp3) is 0.706. The van der Waals surface area contributed by atoms with Gasteiger partial charge < -0.3 is 15.0 Å². The highest BCUT2D eigenvalue weighted by molar-refractivity contribution is 6.02. The van der Waals surface area contributed by atoms with Gasteiger partial charge in [0.15, 0.2) is 0 Å². The Labute approximate surface area is 129 Å². The van der Waals surface area contributed by atoms with Gasteiger partial charge in [0.1, 0.15) is 0 Å². The van der Waals surface area contributed by atoms with Crippen molar-refractivity contribution in [2.24, 2.45) is 10.9 Å². The molecule has 0 radical (unpaired) electrons. The van der Waals surface area contributed by atoms with Gasteiger partial charge >= 0.3 is 0 Å². The van der Waals surface area contributed by atoms with Gasteiger partial charge in [-0.3, -0.25) is 4.99 Å². The molecule has 0 amide bonds. The summed E-state index contributed by atoms with van der Waals surface area (Å²) in [4.78, 5) is 7.33. The molecule has 0 aromatic rings. The van der Waals surface area contributed by atoms with E-state index in [1.54, 1.807) is 0 Å². The standard InChI is InChI=1S/C17H29N3O/c1-6-13(4)19-16(12(2)3)17-14(5)20-8-7-9-21-11-15(20)10-18-17/h6,12,15,18H,7-11H2,1-5H3/b13-6+,19-16?. The second-order valence-electron chi connectivity index (χ2n) is 6.20. The minimum absolute atomic E-state index is 0.400. The zero-order valence-corrected chi connectivity index (χ0v) is 14.1. The Kier molecular flexibility index (Phi) is 5.45. The molecule has 0 saturated carbocycles. The summed E-state index contributed by atoms with van der Waals surface area (Å²) in [6.45, 7) is 14.4. The van der Waals surface area contributed by atoms with E-state index in [1.165, 1.54) is 11.4 Å². The molecule has 4 nitrogen and oxygen atoms in total. The van der Waals surface area contributed by atoms with E-state index in [2.05, 4.69) is 44.0 Å². The van der Waals surface area contributed by atoms with Gasteiger partial charge in [-0.05, 0) is 33.1 Å². The maximum absolute atomic E-state index is 5.69. The van der Waals surface area contributed by atoms with Crippen molar-refractivity contribution in [2.45, 2.75) is 47.1 Å². The van der Waals surface area contributed by atoms with Gasteiger partial charge in [-0.1, -0.05) is 19.9 Å². The Morgan fingerprint density at radius 2 is 2.24 bits per heavy atom. The van der Waals surface area contributed by atoms with Crippen LogP contribution < -0.4 is 5.32 Å². The maximum atomic E-state index is 5.69. The van der Waals surface area contributed by atoms with Crippen LogP contribution in [0.4, 0.5) is 0 Å². The average Bonchev–Trinajstić information content (AvgIpc) is 2.71. The molecule has 1 saturated heterocycles. The molecule has 0 aromatic carbocycles. The molecule has 1 unspecified atom stereocenters. The molecular formula is C17H29N3O. The van der Waals surface area contributed by atoms with Crippen LogP contribution in [0.3, 0.4) is 0 Å². The van der Waals surface area contributed by atoms with E-state index in [4.69, 9.17) is 9.73 Å². The highest BCUT2D eigenvalue weighted by Crippen LogP contribution is 2.23. The Bertz CT molecular complexity index is 463. The fourth-order valence-electron chi connectivity index (χ4n) is 2.94. The molecule has 21 heavy (non-hydrogen) atoms. The first kappa shape index (κ1) is 16.1. The van der Waals surface area contributed by atoms with E-state index in [9.17, 15) is 0 Å². The van der Waals surface area contributed by atoms with E-state index in [0.717, 1.165) is 44.1 Å². The Balaban J connectivity index is 2.35. The molecule has 2 rings (SSSR count). The number of hydrogen-bond donors (Lipinski definition) is 1. The van der Waals surface area contributed by atoms with Crippen molar-refractivity contribution in [3.63, 3.8) is 0 Å². The quantitative estimate of drug-likeness (QED) is 0.812. The van der Waals surface area contributed by atoms with Crippen LogP contribution in [-0.2, 0) is 4.74 Å². The number of hydrogen-bond acceptors (Lipinski definition) is 4. The lowest BCUT2D eigenvalue weighted by molar-refractivity contribution is 0.107. The van der Waals surface area contributed by atoms with Gasteiger partial charge in [0.05, 0.1) is 24.1 Å². The fourth-order valence-corrected chi connectivity index (χ4v) is 2.94. The molecule has 0 bridgehead atoms. The Morgan fingerprint density at radius 3 is 2.90 bits per heavy atom. The summed E-state index contributed by atoms with van der Waals surface area (Å²) < 4.78 is 5.69. The summed E-state index contributed by atoms with van der Waals surface area (Å²) in [5.74, 6) is 0.400. The van der Waals surface area contributed by atoms with E-state index < -0.39 is 0 Å². The third-order valence-corrected chi connectivity index (χ3v) is 4.26. The van der Waals surface area contributed by atoms with E-state index in [0.29, 0.717) is 12.0 Å². The summed E-state index contributed by atoms with van der Waals surface area (Å²) in [6, 6.07) is 0.451. The van der Waals surface area contributed by atoms with E-state index >= 15 is 0 Å². The predicted octanol–water partition coefficient (Wildman–Crippen LogP) is 2.93. The van der Waals surface area contributed by atoms with Crippen molar-refractivity contribution in [1.29, 1.82) is 0 Å². The molecule has 0 aromatic heterocycles. The Hall–Kier alpha value is -1.29. The van der Waals surface area contributed by atoms with Gasteiger partial charge in [0.25, 0.3) is 0 Å². The second-order valence-corrected chi connectivity index (χ2v) is 6.20. The van der Waals surface area contributed by atoms with Crippen LogP contribution in [-0.4, -0.2) is 43.0 Å². The first-order valence-corrected chi connectivity index (χ1v) is 8.05. The third-order valence-electron chi connectivity index (χ3n) is 4.26. The lowest BCUT2D eigenvalue weighted by Crippen LogP contribution is -2.50. The molecule has 2 aliphatic rings. The van der Waals surface area contributed by atoms with E-state index in [1.807, 2.05) is 6.92 Å². The first-order chi connectivity index (χ1) is 10.0. The number of fused-ring (bicyclic) bond motifs is 1. The van der Waals surface area contributed by atoms with Gasteiger partial charge in [0.2, 0.25) is 0 Å². The molecule has 2 aliphatic heterocycles. The van der Waals surface area contributed by atoms with Crippen molar-refractivity contribution in [3.05, 3.63) is 23.2 Å². The number of rotatable bonds is 3. The molecule has 1 N–H and O–H groups in total. The summed E-state index contributed by atoms with van der Waals surface area (Å²) in [6.07, 6.45) is 3.16. The highest BCUT2D eigenvalue weighted by Gasteiger charge is 2.29. The molecule has 0 spiro atoms. The first-order valence-electron chi connectivity index (χ1n) is 8.05. The van der Waals surface area contributed by atoms with Crippen LogP contribution in [0.2, 0.25) is 0 Å². The maximum Gasteiger partial charge on any atom is 0.0754 e.